The van der Waals surface area contributed by atoms with Gasteiger partial charge in [0.25, 0.3) is 5.19 Å². The van der Waals surface area contributed by atoms with Gasteiger partial charge in [-0.25, -0.2) is 9.37 Å². The molecule has 3 rings (SSSR count). The molecule has 7 heteroatoms. The van der Waals surface area contributed by atoms with Gasteiger partial charge in [-0.1, -0.05) is 24.7 Å². The highest BCUT2D eigenvalue weighted by molar-refractivity contribution is 7.20. The van der Waals surface area contributed by atoms with Crippen molar-refractivity contribution in [3.63, 3.8) is 0 Å². The van der Waals surface area contributed by atoms with E-state index < -0.39 is 0 Å². The summed E-state index contributed by atoms with van der Waals surface area (Å²) in [4.78, 5) is 15.5. The van der Waals surface area contributed by atoms with Crippen molar-refractivity contribution in [1.82, 2.24) is 4.98 Å². The number of fused-ring (bicyclic) bond motifs is 1. The highest BCUT2D eigenvalue weighted by Gasteiger charge is 2.31. The number of benzene rings is 1. The third-order valence-corrected chi connectivity index (χ3v) is 6.07. The van der Waals surface area contributed by atoms with Crippen LogP contribution in [0.4, 0.5) is 4.39 Å². The van der Waals surface area contributed by atoms with E-state index in [-0.39, 0.29) is 23.5 Å². The molecule has 1 aliphatic carbocycles. The Bertz CT molecular complexity index is 803. The Morgan fingerprint density at radius 1 is 1.32 bits per heavy atom. The lowest BCUT2D eigenvalue weighted by atomic mass is 9.83. The SMILES string of the molecule is CCOc1nc2ccc(OCC3CC(OC[C@H](CC)CC(C)=O)C3)c(F)c2s1. The van der Waals surface area contributed by atoms with Crippen LogP contribution in [0.3, 0.4) is 0 Å². The number of rotatable bonds is 11. The number of ketones is 1. The maximum absolute atomic E-state index is 14.7. The number of thiazole rings is 1. The molecule has 0 aliphatic heterocycles. The van der Waals surface area contributed by atoms with Crippen molar-refractivity contribution in [2.24, 2.45) is 11.8 Å². The standard InChI is InChI=1S/C21H28FNO4S/c1-4-14(8-13(3)24)11-26-16-9-15(10-16)12-27-18-7-6-17-20(19(18)22)28-21(23-17)25-5-2/h6-7,14-16H,4-5,8-12H2,1-3H3/t14-,15?,16?/m1/s1. The van der Waals surface area contributed by atoms with Gasteiger partial charge in [-0.2, -0.15) is 0 Å². The van der Waals surface area contributed by atoms with E-state index in [1.165, 1.54) is 11.3 Å². The first-order valence-corrected chi connectivity index (χ1v) is 10.8. The van der Waals surface area contributed by atoms with E-state index in [1.54, 1.807) is 19.1 Å². The number of halogens is 1. The number of carbonyl (C=O) groups is 1. The zero-order valence-corrected chi connectivity index (χ0v) is 17.5. The van der Waals surface area contributed by atoms with E-state index in [9.17, 15) is 9.18 Å². The van der Waals surface area contributed by atoms with Gasteiger partial charge in [0.2, 0.25) is 0 Å². The second-order valence-electron chi connectivity index (χ2n) is 7.42. The van der Waals surface area contributed by atoms with Crippen LogP contribution in [0.15, 0.2) is 12.1 Å². The van der Waals surface area contributed by atoms with Gasteiger partial charge >= 0.3 is 0 Å². The number of carbonyl (C=O) groups excluding carboxylic acids is 1. The minimum Gasteiger partial charge on any atom is -0.490 e. The second-order valence-corrected chi connectivity index (χ2v) is 8.38. The van der Waals surface area contributed by atoms with Crippen LogP contribution in [-0.4, -0.2) is 36.7 Å². The molecule has 28 heavy (non-hydrogen) atoms. The molecule has 5 nitrogen and oxygen atoms in total. The third-order valence-electron chi connectivity index (χ3n) is 5.10. The normalized spacial score (nSPS) is 20.0. The Balaban J connectivity index is 1.44. The molecule has 1 saturated carbocycles. The Morgan fingerprint density at radius 3 is 2.79 bits per heavy atom. The van der Waals surface area contributed by atoms with Crippen LogP contribution >= 0.6 is 11.3 Å². The summed E-state index contributed by atoms with van der Waals surface area (Å²) in [6.07, 6.45) is 3.57. The molecule has 0 saturated heterocycles. The summed E-state index contributed by atoms with van der Waals surface area (Å²) in [6, 6.07) is 3.40. The van der Waals surface area contributed by atoms with Crippen LogP contribution in [0.5, 0.6) is 10.9 Å². The maximum atomic E-state index is 14.7. The monoisotopic (exact) mass is 409 g/mol. The van der Waals surface area contributed by atoms with Crippen LogP contribution in [0.1, 0.15) is 46.5 Å². The molecular weight excluding hydrogens is 381 g/mol. The molecule has 0 bridgehead atoms. The Kier molecular flexibility index (Phi) is 7.24. The molecule has 2 aromatic rings. The minimum atomic E-state index is -0.372. The van der Waals surface area contributed by atoms with Gasteiger partial charge in [0.05, 0.1) is 36.1 Å². The van der Waals surface area contributed by atoms with Crippen molar-refractivity contribution in [2.45, 2.75) is 52.6 Å². The minimum absolute atomic E-state index is 0.212. The molecule has 1 atom stereocenters. The third kappa shape index (κ3) is 5.20. The van der Waals surface area contributed by atoms with E-state index in [1.807, 2.05) is 6.92 Å². The van der Waals surface area contributed by atoms with Crippen LogP contribution in [0.25, 0.3) is 10.2 Å². The van der Waals surface area contributed by atoms with Gasteiger partial charge in [-0.05, 0) is 50.7 Å². The number of ether oxygens (including phenoxy) is 3. The van der Waals surface area contributed by atoms with Crippen LogP contribution < -0.4 is 9.47 Å². The van der Waals surface area contributed by atoms with Crippen molar-refractivity contribution in [3.8, 4) is 10.9 Å². The predicted octanol–water partition coefficient (Wildman–Crippen LogP) is 5.01. The molecular formula is C21H28FNO4S. The Labute approximate surface area is 169 Å². The van der Waals surface area contributed by atoms with Crippen LogP contribution in [-0.2, 0) is 9.53 Å². The zero-order chi connectivity index (χ0) is 20.1. The van der Waals surface area contributed by atoms with E-state index in [0.717, 1.165) is 19.3 Å². The Morgan fingerprint density at radius 2 is 2.11 bits per heavy atom. The van der Waals surface area contributed by atoms with E-state index in [0.29, 0.717) is 53.5 Å². The summed E-state index contributed by atoms with van der Waals surface area (Å²) in [6.45, 7) is 7.19. The summed E-state index contributed by atoms with van der Waals surface area (Å²) in [5.41, 5.74) is 0.589. The highest BCUT2D eigenvalue weighted by Crippen LogP contribution is 2.36. The van der Waals surface area contributed by atoms with Gasteiger partial charge in [0.1, 0.15) is 5.78 Å². The van der Waals surface area contributed by atoms with E-state index in [4.69, 9.17) is 14.2 Å². The molecule has 0 radical (unpaired) electrons. The lowest BCUT2D eigenvalue weighted by molar-refractivity contribution is -0.119. The highest BCUT2D eigenvalue weighted by atomic mass is 32.1. The van der Waals surface area contributed by atoms with Gasteiger partial charge in [0.15, 0.2) is 11.6 Å². The first-order valence-electron chi connectivity index (χ1n) is 9.95. The molecule has 1 aromatic carbocycles. The average molecular weight is 410 g/mol. The smallest absolute Gasteiger partial charge is 0.274 e. The molecule has 1 aliphatic rings. The number of nitrogens with zero attached hydrogens (tertiary/aromatic N) is 1. The fourth-order valence-electron chi connectivity index (χ4n) is 3.37. The largest absolute Gasteiger partial charge is 0.490 e. The zero-order valence-electron chi connectivity index (χ0n) is 16.7. The summed E-state index contributed by atoms with van der Waals surface area (Å²) < 4.78 is 32.1. The predicted molar refractivity (Wildman–Crippen MR) is 108 cm³/mol. The van der Waals surface area contributed by atoms with Crippen molar-refractivity contribution >= 4 is 27.3 Å². The van der Waals surface area contributed by atoms with Crippen molar-refractivity contribution in [2.75, 3.05) is 19.8 Å². The maximum Gasteiger partial charge on any atom is 0.274 e. The number of hydrogen-bond acceptors (Lipinski definition) is 6. The summed E-state index contributed by atoms with van der Waals surface area (Å²) in [7, 11) is 0. The number of hydrogen-bond donors (Lipinski definition) is 0. The quantitative estimate of drug-likeness (QED) is 0.522. The molecule has 0 spiro atoms. The summed E-state index contributed by atoms with van der Waals surface area (Å²) in [5, 5.41) is 0.475. The lowest BCUT2D eigenvalue weighted by Crippen LogP contribution is -2.36. The number of Topliss-reactive ketones (excluding diaryl/α,β-unsaturated/α-hetero) is 1. The van der Waals surface area contributed by atoms with Crippen LogP contribution in [0, 0.1) is 17.7 Å². The van der Waals surface area contributed by atoms with Crippen molar-refractivity contribution in [1.29, 1.82) is 0 Å². The molecule has 0 N–H and O–H groups in total. The van der Waals surface area contributed by atoms with E-state index >= 15 is 0 Å². The van der Waals surface area contributed by atoms with Gasteiger partial charge in [-0.15, -0.1) is 0 Å². The first-order chi connectivity index (χ1) is 13.5. The lowest BCUT2D eigenvalue weighted by Gasteiger charge is -2.35. The Hall–Kier alpha value is -1.73. The summed E-state index contributed by atoms with van der Waals surface area (Å²) in [5.74, 6) is 0.769. The van der Waals surface area contributed by atoms with Gasteiger partial charge in [0, 0.05) is 6.42 Å². The molecule has 1 heterocycles. The number of aromatic nitrogens is 1. The second kappa shape index (κ2) is 9.65. The average Bonchev–Trinajstić information content (AvgIpc) is 3.04. The van der Waals surface area contributed by atoms with E-state index in [2.05, 4.69) is 11.9 Å². The molecule has 0 unspecified atom stereocenters. The molecule has 1 aromatic heterocycles. The van der Waals surface area contributed by atoms with Gasteiger partial charge in [-0.3, -0.25) is 0 Å². The van der Waals surface area contributed by atoms with Crippen molar-refractivity contribution in [3.05, 3.63) is 17.9 Å². The fraction of sp³-hybridized carbons (Fsp3) is 0.619. The molecule has 154 valence electrons. The fourth-order valence-corrected chi connectivity index (χ4v) is 4.28. The van der Waals surface area contributed by atoms with Gasteiger partial charge < -0.3 is 19.0 Å². The molecule has 0 amide bonds. The first kappa shape index (κ1) is 21.0. The molecule has 1 fully saturated rings. The summed E-state index contributed by atoms with van der Waals surface area (Å²) >= 11 is 1.20. The van der Waals surface area contributed by atoms with Crippen LogP contribution in [0.2, 0.25) is 0 Å². The topological polar surface area (TPSA) is 57.6 Å². The van der Waals surface area contributed by atoms with Crippen molar-refractivity contribution < 1.29 is 23.4 Å².